The molecule has 0 fully saturated rings. The highest BCUT2D eigenvalue weighted by atomic mass is 16.1. The molecule has 0 rings (SSSR count). The summed E-state index contributed by atoms with van der Waals surface area (Å²) in [6, 6.07) is 0. The maximum atomic E-state index is 9.95. The largest absolute Gasteiger partial charge is 0.299 e. The molecule has 0 N–H and O–H groups in total. The number of carbonyl (C=O) groups is 1. The van der Waals surface area contributed by atoms with Crippen molar-refractivity contribution < 1.29 is 4.79 Å². The van der Waals surface area contributed by atoms with Crippen molar-refractivity contribution in [3.05, 3.63) is 23.8 Å². The van der Waals surface area contributed by atoms with E-state index in [1.807, 2.05) is 6.92 Å². The zero-order valence-electron chi connectivity index (χ0n) is 6.98. The van der Waals surface area contributed by atoms with Crippen LogP contribution in [0, 0.1) is 11.8 Å². The molecule has 11 heavy (non-hydrogen) atoms. The highest BCUT2D eigenvalue weighted by Crippen LogP contribution is 1.93. The molecular formula is C10H12O. The minimum atomic E-state index is 0.698. The van der Waals surface area contributed by atoms with Crippen LogP contribution in [0.4, 0.5) is 0 Å². The van der Waals surface area contributed by atoms with Gasteiger partial charge in [-0.3, -0.25) is 4.79 Å². The van der Waals surface area contributed by atoms with E-state index < -0.39 is 0 Å². The smallest absolute Gasteiger partial charge is 0.143 e. The van der Waals surface area contributed by atoms with E-state index in [1.54, 1.807) is 6.92 Å². The number of rotatable bonds is 2. The molecule has 0 aromatic rings. The van der Waals surface area contributed by atoms with Crippen LogP contribution in [0.2, 0.25) is 0 Å². The summed E-state index contributed by atoms with van der Waals surface area (Å²) in [5, 5.41) is 0. The minimum absolute atomic E-state index is 0.698. The second-order valence-corrected chi connectivity index (χ2v) is 2.42. The first-order valence-electron chi connectivity index (χ1n) is 3.42. The van der Waals surface area contributed by atoms with E-state index in [0.717, 1.165) is 17.4 Å². The number of carbonyl (C=O) groups excluding carboxylic acids is 1. The Morgan fingerprint density at radius 2 is 2.18 bits per heavy atom. The van der Waals surface area contributed by atoms with E-state index in [2.05, 4.69) is 18.4 Å². The molecule has 0 saturated carbocycles. The topological polar surface area (TPSA) is 17.1 Å². The van der Waals surface area contributed by atoms with Crippen molar-refractivity contribution in [2.24, 2.45) is 0 Å². The summed E-state index contributed by atoms with van der Waals surface area (Å²) >= 11 is 0. The number of hydrogen-bond donors (Lipinski definition) is 0. The van der Waals surface area contributed by atoms with Crippen LogP contribution >= 0.6 is 0 Å². The van der Waals surface area contributed by atoms with Crippen LogP contribution in [0.5, 0.6) is 0 Å². The van der Waals surface area contributed by atoms with Crippen molar-refractivity contribution in [1.82, 2.24) is 0 Å². The van der Waals surface area contributed by atoms with Crippen LogP contribution in [0.1, 0.15) is 20.3 Å². The lowest BCUT2D eigenvalue weighted by atomic mass is 10.2. The zero-order chi connectivity index (χ0) is 8.69. The molecule has 0 aliphatic rings. The van der Waals surface area contributed by atoms with Crippen molar-refractivity contribution in [2.45, 2.75) is 20.3 Å². The van der Waals surface area contributed by atoms with Crippen LogP contribution in [0.15, 0.2) is 23.8 Å². The minimum Gasteiger partial charge on any atom is -0.299 e. The third-order valence-electron chi connectivity index (χ3n) is 0.994. The van der Waals surface area contributed by atoms with E-state index >= 15 is 0 Å². The summed E-state index contributed by atoms with van der Waals surface area (Å²) in [6.45, 7) is 7.44. The molecule has 58 valence electrons. The lowest BCUT2D eigenvalue weighted by molar-refractivity contribution is -0.104. The van der Waals surface area contributed by atoms with Crippen LogP contribution in [-0.2, 0) is 4.79 Å². The van der Waals surface area contributed by atoms with E-state index in [1.165, 1.54) is 6.08 Å². The van der Waals surface area contributed by atoms with Crippen molar-refractivity contribution in [3.8, 4) is 11.8 Å². The molecule has 0 aromatic heterocycles. The fraction of sp³-hybridized carbons (Fsp3) is 0.300. The molecule has 0 bridgehead atoms. The van der Waals surface area contributed by atoms with Gasteiger partial charge in [-0.2, -0.15) is 0 Å². The third-order valence-corrected chi connectivity index (χ3v) is 0.994. The SMILES string of the molecule is C=C(C)CC#CC(C)=CC=O. The molecule has 0 saturated heterocycles. The Morgan fingerprint density at radius 1 is 1.55 bits per heavy atom. The van der Waals surface area contributed by atoms with E-state index in [4.69, 9.17) is 0 Å². The highest BCUT2D eigenvalue weighted by Gasteiger charge is 1.79. The average molecular weight is 148 g/mol. The molecule has 0 heterocycles. The second-order valence-electron chi connectivity index (χ2n) is 2.42. The Balaban J connectivity index is 3.97. The first-order valence-corrected chi connectivity index (χ1v) is 3.42. The molecule has 0 amide bonds. The van der Waals surface area contributed by atoms with Gasteiger partial charge < -0.3 is 0 Å². The van der Waals surface area contributed by atoms with Gasteiger partial charge in [0.05, 0.1) is 0 Å². The van der Waals surface area contributed by atoms with Gasteiger partial charge in [0.25, 0.3) is 0 Å². The van der Waals surface area contributed by atoms with E-state index in [-0.39, 0.29) is 0 Å². The molecular weight excluding hydrogens is 136 g/mol. The summed E-state index contributed by atoms with van der Waals surface area (Å²) in [5.74, 6) is 5.73. The molecule has 0 unspecified atom stereocenters. The maximum absolute atomic E-state index is 9.95. The number of allylic oxidation sites excluding steroid dienone is 3. The quantitative estimate of drug-likeness (QED) is 0.254. The molecule has 0 radical (unpaired) electrons. The maximum Gasteiger partial charge on any atom is 0.143 e. The molecule has 0 atom stereocenters. The standard InChI is InChI=1S/C10H12O/c1-9(2)5-4-6-10(3)7-8-11/h7-8H,1,5H2,2-3H3. The van der Waals surface area contributed by atoms with Gasteiger partial charge >= 0.3 is 0 Å². The van der Waals surface area contributed by atoms with Crippen molar-refractivity contribution in [3.63, 3.8) is 0 Å². The second kappa shape index (κ2) is 5.49. The summed E-state index contributed by atoms with van der Waals surface area (Å²) in [6.07, 6.45) is 2.89. The van der Waals surface area contributed by atoms with Gasteiger partial charge in [-0.1, -0.05) is 24.0 Å². The number of aldehydes is 1. The Bertz CT molecular complexity index is 235. The summed E-state index contributed by atoms with van der Waals surface area (Å²) in [7, 11) is 0. The van der Waals surface area contributed by atoms with Crippen LogP contribution in [0.3, 0.4) is 0 Å². The fourth-order valence-electron chi connectivity index (χ4n) is 0.478. The van der Waals surface area contributed by atoms with E-state index in [0.29, 0.717) is 6.42 Å². The summed E-state index contributed by atoms with van der Waals surface area (Å²) in [5.41, 5.74) is 1.83. The van der Waals surface area contributed by atoms with Gasteiger partial charge in [-0.05, 0) is 19.9 Å². The van der Waals surface area contributed by atoms with Gasteiger partial charge in [0.1, 0.15) is 6.29 Å². The van der Waals surface area contributed by atoms with Crippen molar-refractivity contribution >= 4 is 6.29 Å². The predicted molar refractivity (Wildman–Crippen MR) is 47.0 cm³/mol. The van der Waals surface area contributed by atoms with Crippen LogP contribution < -0.4 is 0 Å². The van der Waals surface area contributed by atoms with Gasteiger partial charge in [0.15, 0.2) is 0 Å². The van der Waals surface area contributed by atoms with Gasteiger partial charge in [-0.25, -0.2) is 0 Å². The molecule has 0 aliphatic heterocycles. The average Bonchev–Trinajstić information content (AvgIpc) is 1.87. The number of hydrogen-bond acceptors (Lipinski definition) is 1. The Labute approximate surface area is 67.8 Å². The van der Waals surface area contributed by atoms with Gasteiger partial charge in [0.2, 0.25) is 0 Å². The lowest BCUT2D eigenvalue weighted by Crippen LogP contribution is -1.72. The molecule has 1 heteroatoms. The van der Waals surface area contributed by atoms with E-state index in [9.17, 15) is 4.79 Å². The molecule has 0 aliphatic carbocycles. The lowest BCUT2D eigenvalue weighted by Gasteiger charge is -1.84. The Kier molecular flexibility index (Phi) is 4.85. The molecule has 0 aromatic carbocycles. The zero-order valence-corrected chi connectivity index (χ0v) is 6.98. The van der Waals surface area contributed by atoms with Crippen molar-refractivity contribution in [1.29, 1.82) is 0 Å². The Morgan fingerprint density at radius 3 is 2.64 bits per heavy atom. The monoisotopic (exact) mass is 148 g/mol. The summed E-state index contributed by atoms with van der Waals surface area (Å²) in [4.78, 5) is 9.95. The predicted octanol–water partition coefficient (Wildman–Crippen LogP) is 2.10. The van der Waals surface area contributed by atoms with Gasteiger partial charge in [-0.15, -0.1) is 0 Å². The fourth-order valence-corrected chi connectivity index (χ4v) is 0.478. The normalized spacial score (nSPS) is 9.82. The highest BCUT2D eigenvalue weighted by molar-refractivity contribution is 5.67. The summed E-state index contributed by atoms with van der Waals surface area (Å²) < 4.78 is 0. The molecule has 0 spiro atoms. The molecule has 1 nitrogen and oxygen atoms in total. The van der Waals surface area contributed by atoms with Crippen molar-refractivity contribution in [2.75, 3.05) is 0 Å². The first kappa shape index (κ1) is 9.71. The Hall–Kier alpha value is -1.29. The van der Waals surface area contributed by atoms with Gasteiger partial charge in [0, 0.05) is 12.0 Å². The van der Waals surface area contributed by atoms with Crippen LogP contribution in [0.25, 0.3) is 0 Å². The first-order chi connectivity index (χ1) is 5.16. The third kappa shape index (κ3) is 6.60. The van der Waals surface area contributed by atoms with Crippen LogP contribution in [-0.4, -0.2) is 6.29 Å².